The van der Waals surface area contributed by atoms with Crippen molar-refractivity contribution in [2.45, 2.75) is 6.42 Å². The van der Waals surface area contributed by atoms with Crippen LogP contribution in [0.5, 0.6) is 11.5 Å². The summed E-state index contributed by atoms with van der Waals surface area (Å²) in [4.78, 5) is 48.5. The van der Waals surface area contributed by atoms with Crippen LogP contribution in [0, 0.1) is 0 Å². The Morgan fingerprint density at radius 1 is 1.05 bits per heavy atom. The molecule has 0 aliphatic heterocycles. The average Bonchev–Trinajstić information content (AvgIpc) is 2.79. The summed E-state index contributed by atoms with van der Waals surface area (Å²) in [7, 11) is -9.40. The zero-order chi connectivity index (χ0) is 26.8. The molecule has 0 aliphatic rings. The van der Waals surface area contributed by atoms with Crippen LogP contribution in [-0.2, 0) is 27.4 Å². The van der Waals surface area contributed by atoms with Gasteiger partial charge in [-0.3, -0.25) is 9.42 Å². The molecule has 0 aromatic heterocycles. The zero-order valence-electron chi connectivity index (χ0n) is 20.8. The van der Waals surface area contributed by atoms with E-state index in [0.29, 0.717) is 11.5 Å². The molecule has 0 aliphatic carbocycles. The molecule has 0 radical (unpaired) electrons. The minimum Gasteiger partial charge on any atom is -0.778 e. The van der Waals surface area contributed by atoms with E-state index in [-0.39, 0.29) is 72.1 Å². The fraction of sp³-hybridized carbons (Fsp3) is 0.278. The molecule has 0 heterocycles. The second-order valence-corrected chi connectivity index (χ2v) is 12.5. The number of rotatable bonds is 14. The third kappa shape index (κ3) is 16.0. The van der Waals surface area contributed by atoms with E-state index in [1.807, 2.05) is 0 Å². The number of hydrogen-bond acceptors (Lipinski definition) is 10. The van der Waals surface area contributed by atoms with Crippen molar-refractivity contribution in [1.82, 2.24) is 9.68 Å². The third-order valence-electron chi connectivity index (χ3n) is 4.25. The predicted octanol–water partition coefficient (Wildman–Crippen LogP) is -3.73. The van der Waals surface area contributed by atoms with Crippen molar-refractivity contribution in [1.29, 1.82) is 0 Å². The molecule has 2 aromatic rings. The van der Waals surface area contributed by atoms with Crippen molar-refractivity contribution in [3.63, 3.8) is 0 Å². The number of hydrazone groups is 1. The Balaban J connectivity index is 0.00000684. The molecular formula is C18H22N6Na2O8P3S+. The Morgan fingerprint density at radius 2 is 1.58 bits per heavy atom. The van der Waals surface area contributed by atoms with Crippen LogP contribution in [0.2, 0.25) is 0 Å². The normalized spacial score (nSPS) is 14.2. The minimum atomic E-state index is -4.76. The van der Waals surface area contributed by atoms with Crippen LogP contribution in [0.15, 0.2) is 58.9 Å². The first-order valence-electron chi connectivity index (χ1n) is 9.96. The summed E-state index contributed by atoms with van der Waals surface area (Å²) in [5.41, 5.74) is 9.72. The first-order chi connectivity index (χ1) is 16.8. The summed E-state index contributed by atoms with van der Waals surface area (Å²) >= 11 is 5.37. The summed E-state index contributed by atoms with van der Waals surface area (Å²) < 4.78 is 29.5. The van der Waals surface area contributed by atoms with Gasteiger partial charge in [0, 0.05) is 11.5 Å². The monoisotopic (exact) mass is 621 g/mol. The summed E-state index contributed by atoms with van der Waals surface area (Å²) in [5, 5.41) is 7.25. The maximum atomic E-state index is 11.1. The fourth-order valence-corrected chi connectivity index (χ4v) is 5.31. The van der Waals surface area contributed by atoms with Crippen LogP contribution in [0.25, 0.3) is 10.4 Å². The Morgan fingerprint density at radius 3 is 2.08 bits per heavy atom. The van der Waals surface area contributed by atoms with Crippen LogP contribution < -0.4 is 78.3 Å². The van der Waals surface area contributed by atoms with Crippen LogP contribution >= 0.6 is 22.3 Å². The number of nitrogens with zero attached hydrogens (tertiary/aromatic N) is 6. The summed E-state index contributed by atoms with van der Waals surface area (Å²) in [6.07, 6.45) is 0.0147. The van der Waals surface area contributed by atoms with Gasteiger partial charge < -0.3 is 33.5 Å². The van der Waals surface area contributed by atoms with E-state index in [0.717, 1.165) is 16.0 Å². The average molecular weight is 621 g/mol. The molecule has 3 unspecified atom stereocenters. The minimum absolute atomic E-state index is 0. The van der Waals surface area contributed by atoms with Gasteiger partial charge in [0.15, 0.2) is 5.75 Å². The molecular weight excluding hydrogens is 599 g/mol. The molecule has 0 bridgehead atoms. The number of benzene rings is 2. The van der Waals surface area contributed by atoms with Crippen LogP contribution in [0.1, 0.15) is 11.1 Å². The summed E-state index contributed by atoms with van der Waals surface area (Å²) in [6.45, 7) is -0.0381. The fourth-order valence-electron chi connectivity index (χ4n) is 2.72. The molecule has 38 heavy (non-hydrogen) atoms. The van der Waals surface area contributed by atoms with Gasteiger partial charge in [0.2, 0.25) is 11.8 Å². The van der Waals surface area contributed by atoms with Gasteiger partial charge in [-0.2, -0.15) is 0 Å². The van der Waals surface area contributed by atoms with E-state index in [1.54, 1.807) is 61.8 Å². The Kier molecular flexibility index (Phi) is 17.9. The van der Waals surface area contributed by atoms with Crippen LogP contribution in [0.4, 0.5) is 0 Å². The zero-order valence-corrected chi connectivity index (χ0v) is 28.3. The van der Waals surface area contributed by atoms with E-state index in [2.05, 4.69) is 15.3 Å². The first-order valence-corrected chi connectivity index (χ1v) is 15.7. The molecule has 3 atom stereocenters. The number of hydrogen-bond donors (Lipinski definition) is 2. The standard InChI is InChI=1S/C18H23N6O8P3S.2Na/c1-23(20-12-16-4-6-17(7-5-16)31-22-21-19)33(36)32-18-8-2-15(3-9-18)10-11-24(13-34(25,26)27)14-35(28,29)30;;/h2-9,12H,10-11,13-14H2,1H3,(H3-,25,26,27,28,29,30);;/q;2*+1/p-1/b20-12+;;. The van der Waals surface area contributed by atoms with Gasteiger partial charge in [0.1, 0.15) is 26.2 Å². The van der Waals surface area contributed by atoms with Gasteiger partial charge in [-0.25, -0.2) is 0 Å². The summed E-state index contributed by atoms with van der Waals surface area (Å²) in [6, 6.07) is 13.3. The maximum absolute atomic E-state index is 11.1. The maximum Gasteiger partial charge on any atom is 1.00 e. The Bertz CT molecular complexity index is 1190. The van der Waals surface area contributed by atoms with E-state index in [9.17, 15) is 18.9 Å². The van der Waals surface area contributed by atoms with E-state index in [1.165, 1.54) is 4.78 Å². The largest absolute Gasteiger partial charge is 1.00 e. The second kappa shape index (κ2) is 18.1. The molecule has 0 saturated carbocycles. The molecule has 20 heteroatoms. The van der Waals surface area contributed by atoms with Gasteiger partial charge in [-0.05, 0) is 59.5 Å². The molecule has 0 spiro atoms. The van der Waals surface area contributed by atoms with Crippen molar-refractivity contribution in [3.8, 4) is 11.5 Å². The molecule has 14 nitrogen and oxygen atoms in total. The molecule has 0 saturated heterocycles. The van der Waals surface area contributed by atoms with Crippen LogP contribution in [0.3, 0.4) is 0 Å². The van der Waals surface area contributed by atoms with E-state index < -0.39 is 34.8 Å². The third-order valence-corrected chi connectivity index (χ3v) is 7.64. The molecule has 2 N–H and O–H groups in total. The van der Waals surface area contributed by atoms with Crippen molar-refractivity contribution >= 4 is 40.3 Å². The van der Waals surface area contributed by atoms with Crippen molar-refractivity contribution in [2.75, 3.05) is 26.2 Å². The van der Waals surface area contributed by atoms with E-state index in [4.69, 9.17) is 36.5 Å². The number of azide groups is 1. The topological polar surface area (TPSA) is 207 Å². The van der Waals surface area contributed by atoms with Crippen molar-refractivity contribution in [2.24, 2.45) is 10.4 Å². The van der Waals surface area contributed by atoms with Crippen LogP contribution in [-0.4, -0.2) is 51.8 Å². The van der Waals surface area contributed by atoms with Gasteiger partial charge in [0.05, 0.1) is 25.8 Å². The van der Waals surface area contributed by atoms with Crippen molar-refractivity contribution in [3.05, 3.63) is 70.1 Å². The van der Waals surface area contributed by atoms with E-state index >= 15 is 0 Å². The molecule has 0 amide bonds. The Labute approximate surface area is 269 Å². The van der Waals surface area contributed by atoms with Gasteiger partial charge in [-0.15, -0.1) is 5.10 Å². The first kappa shape index (κ1) is 37.6. The molecule has 194 valence electrons. The smallest absolute Gasteiger partial charge is 0.778 e. The predicted molar refractivity (Wildman–Crippen MR) is 133 cm³/mol. The SMILES string of the molecule is CN(/N=C/c1ccc(ON=[N+]=[N-])cc1)[P+](=S)Oc1ccc(CCN(CP(=O)([O-])O)CP(=O)([O-])O)cc1.[Na+].[Na+]. The molecule has 0 fully saturated rings. The molecule has 2 rings (SSSR count). The quantitative estimate of drug-likeness (QED) is 0.0399. The van der Waals surface area contributed by atoms with Gasteiger partial charge in [0.25, 0.3) is 0 Å². The van der Waals surface area contributed by atoms with Gasteiger partial charge >= 0.3 is 66.2 Å². The van der Waals surface area contributed by atoms with Crippen molar-refractivity contribution < 1.29 is 97.2 Å². The van der Waals surface area contributed by atoms with Gasteiger partial charge in [-0.1, -0.05) is 16.9 Å². The second-order valence-electron chi connectivity index (χ2n) is 7.24. The Hall–Kier alpha value is -0.400. The molecule has 2 aromatic carbocycles. The summed E-state index contributed by atoms with van der Waals surface area (Å²) in [5.74, 6) is 0.845.